The van der Waals surface area contributed by atoms with Crippen molar-refractivity contribution in [1.82, 2.24) is 25.5 Å². The van der Waals surface area contributed by atoms with Gasteiger partial charge in [-0.15, -0.1) is 5.12 Å². The summed E-state index contributed by atoms with van der Waals surface area (Å²) in [5.74, 6) is -0.323. The van der Waals surface area contributed by atoms with Crippen molar-refractivity contribution in [2.75, 3.05) is 12.3 Å². The molecule has 26 heteroatoms. The van der Waals surface area contributed by atoms with Crippen LogP contribution in [0.25, 0.3) is 22.2 Å². The van der Waals surface area contributed by atoms with Crippen molar-refractivity contribution in [1.29, 1.82) is 0 Å². The summed E-state index contributed by atoms with van der Waals surface area (Å²) < 4.78 is 50.9. The number of hydrogen-bond acceptors (Lipinski definition) is 21. The van der Waals surface area contributed by atoms with Crippen LogP contribution in [0.2, 0.25) is 0 Å². The standard InChI is InChI=1S/C32H36N6O16P2.2Na/c33-14-9-19-23(20(39)10-14)34-13-37(19)29-26(42)28(44)31(51-29)53-56(48,49)54-55(46,47)52-30-27(43)25(41)24(40)21(50-30)12-38-35-11-22(36-38)32(45)17-7-3-1-5-15(17)16-6-2-4-8-18(16)32;;/h1-11,13,21,24-31,35-36,39-45H,12,33H2,(H,46,47)(H,48,49);;/q;2*+1/p-2/t21-,24+,25+,26+,27-,28-,29+,30+,31+;;/m0../s1. The molecule has 2 fully saturated rings. The fourth-order valence-electron chi connectivity index (χ4n) is 7.17. The number of fused-ring (bicyclic) bond motifs is 4. The van der Waals surface area contributed by atoms with Gasteiger partial charge in [-0.25, -0.2) is 9.29 Å². The first-order valence-corrected chi connectivity index (χ1v) is 19.7. The summed E-state index contributed by atoms with van der Waals surface area (Å²) in [5.41, 5.74) is 13.2. The monoisotopic (exact) mass is 866 g/mol. The molecule has 22 nitrogen and oxygen atoms in total. The van der Waals surface area contributed by atoms with E-state index in [1.165, 1.54) is 23.5 Å². The number of nitrogen functional groups attached to an aromatic ring is 1. The maximum atomic E-state index is 12.8. The Kier molecular flexibility index (Phi) is 13.4. The van der Waals surface area contributed by atoms with E-state index in [4.69, 9.17) is 15.2 Å². The third-order valence-electron chi connectivity index (χ3n) is 9.78. The van der Waals surface area contributed by atoms with E-state index in [2.05, 4.69) is 29.2 Å². The zero-order valence-corrected chi connectivity index (χ0v) is 36.2. The summed E-state index contributed by atoms with van der Waals surface area (Å²) in [6, 6.07) is 17.0. The molecular formula is C32H34N6Na2O16P2. The van der Waals surface area contributed by atoms with Gasteiger partial charge in [-0.05, 0) is 17.2 Å². The molecule has 1 aliphatic carbocycles. The first-order chi connectivity index (χ1) is 26.5. The van der Waals surface area contributed by atoms with E-state index in [0.717, 1.165) is 22.0 Å². The number of hydrogen-bond donors (Lipinski definition) is 10. The Bertz CT molecular complexity index is 2260. The molecule has 0 radical (unpaired) electrons. The Labute approximate surface area is 372 Å². The molecule has 0 bridgehead atoms. The molecule has 11 atom stereocenters. The van der Waals surface area contributed by atoms with E-state index < -0.39 is 83.2 Å². The first-order valence-electron chi connectivity index (χ1n) is 16.8. The molecule has 11 N–H and O–H groups in total. The zero-order valence-electron chi connectivity index (χ0n) is 30.4. The maximum absolute atomic E-state index is 12.8. The van der Waals surface area contributed by atoms with Gasteiger partial charge in [0.25, 0.3) is 15.6 Å². The van der Waals surface area contributed by atoms with Gasteiger partial charge in [0.2, 0.25) is 0 Å². The van der Waals surface area contributed by atoms with Gasteiger partial charge in [-0.2, -0.15) is 0 Å². The predicted octanol–water partition coefficient (Wildman–Crippen LogP) is -8.21. The predicted molar refractivity (Wildman–Crippen MR) is 183 cm³/mol. The Morgan fingerprint density at radius 2 is 1.41 bits per heavy atom. The molecule has 4 aliphatic rings. The number of phosphoric acid groups is 2. The number of imidazole rings is 1. The molecule has 0 saturated carbocycles. The van der Waals surface area contributed by atoms with Gasteiger partial charge in [0, 0.05) is 29.1 Å². The number of benzene rings is 3. The van der Waals surface area contributed by atoms with Gasteiger partial charge in [0.15, 0.2) is 24.4 Å². The molecule has 4 heterocycles. The average molecular weight is 867 g/mol. The van der Waals surface area contributed by atoms with Crippen molar-refractivity contribution in [3.63, 3.8) is 0 Å². The number of nitrogens with two attached hydrogens (primary N) is 1. The molecule has 3 aromatic carbocycles. The van der Waals surface area contributed by atoms with Crippen LogP contribution in [0.15, 0.2) is 78.9 Å². The van der Waals surface area contributed by atoms with Crippen molar-refractivity contribution in [3.8, 4) is 16.9 Å². The zero-order chi connectivity index (χ0) is 39.9. The summed E-state index contributed by atoms with van der Waals surface area (Å²) in [7, 11) is -12.2. The molecule has 1 aromatic heterocycles. The van der Waals surface area contributed by atoms with Crippen molar-refractivity contribution >= 4 is 32.4 Å². The number of nitrogens with zero attached hydrogens (tertiary/aromatic N) is 3. The molecule has 4 aromatic rings. The topological polar surface area (TPSA) is 339 Å². The summed E-state index contributed by atoms with van der Waals surface area (Å²) in [6.45, 7) is -0.393. The summed E-state index contributed by atoms with van der Waals surface area (Å²) in [4.78, 5) is 29.6. The molecular weight excluding hydrogens is 832 g/mol. The van der Waals surface area contributed by atoms with Crippen LogP contribution in [0.5, 0.6) is 5.75 Å². The van der Waals surface area contributed by atoms with Crippen LogP contribution in [-0.2, 0) is 37.6 Å². The summed E-state index contributed by atoms with van der Waals surface area (Å²) in [6.07, 6.45) is -15.3. The number of anilines is 1. The number of aromatic hydroxyl groups is 1. The van der Waals surface area contributed by atoms with Crippen molar-refractivity contribution in [3.05, 3.63) is 90.0 Å². The molecule has 0 spiro atoms. The van der Waals surface area contributed by atoms with Crippen LogP contribution >= 0.6 is 15.6 Å². The number of phosphoric ester groups is 2. The maximum Gasteiger partial charge on any atom is 1.00 e. The quantitative estimate of drug-likeness (QED) is 0.0402. The Balaban J connectivity index is 0.00000283. The number of ether oxygens (including phenoxy) is 2. The number of phenols is 1. The molecule has 2 unspecified atom stereocenters. The number of aliphatic hydroxyl groups excluding tert-OH is 5. The minimum atomic E-state index is -6.10. The SMILES string of the molecule is Nc1cc(O)c2ncn([C@@H]3O[C@H](OP(=O)([O-])OP(=O)([O-])O[C@H]4O[C@@H](CN5NC=C(C6(O)c7ccccc7-c7ccccc76)N5)[C@@H](O)[C@@H](O)[C@@H]4O)[C@@H](O)[C@H]3O)c2c1.[Na+].[Na+]. The van der Waals surface area contributed by atoms with Gasteiger partial charge in [0.1, 0.15) is 47.9 Å². The number of aromatic nitrogens is 2. The van der Waals surface area contributed by atoms with Crippen molar-refractivity contribution in [2.45, 2.75) is 61.0 Å². The van der Waals surface area contributed by atoms with E-state index in [-0.39, 0.29) is 87.3 Å². The van der Waals surface area contributed by atoms with Crippen LogP contribution < -0.4 is 85.5 Å². The van der Waals surface area contributed by atoms with Crippen LogP contribution in [0.3, 0.4) is 0 Å². The first kappa shape index (κ1) is 45.5. The second-order valence-electron chi connectivity index (χ2n) is 13.3. The van der Waals surface area contributed by atoms with Crippen LogP contribution in [0, 0.1) is 0 Å². The smallest absolute Gasteiger partial charge is 0.756 e. The molecule has 2 saturated heterocycles. The van der Waals surface area contributed by atoms with Gasteiger partial charge in [-0.3, -0.25) is 18.2 Å². The third kappa shape index (κ3) is 8.19. The second kappa shape index (κ2) is 17.0. The largest absolute Gasteiger partial charge is 1.00 e. The van der Waals surface area contributed by atoms with Crippen molar-refractivity contribution in [2.24, 2.45) is 0 Å². The minimum Gasteiger partial charge on any atom is -0.756 e. The van der Waals surface area contributed by atoms with Gasteiger partial charge in [0.05, 0.1) is 24.1 Å². The summed E-state index contributed by atoms with van der Waals surface area (Å²) in [5, 5.41) is 76.4. The number of nitrogens with one attached hydrogen (secondary N) is 2. The van der Waals surface area contributed by atoms with E-state index in [0.29, 0.717) is 11.1 Å². The van der Waals surface area contributed by atoms with E-state index in [1.807, 2.05) is 24.3 Å². The number of hydrazine groups is 2. The van der Waals surface area contributed by atoms with Crippen LogP contribution in [0.1, 0.15) is 17.4 Å². The fourth-order valence-corrected chi connectivity index (χ4v) is 9.32. The van der Waals surface area contributed by atoms with E-state index in [1.54, 1.807) is 24.3 Å². The third-order valence-corrected chi connectivity index (χ3v) is 12.3. The second-order valence-corrected chi connectivity index (χ2v) is 16.2. The molecule has 3 aliphatic heterocycles. The fraction of sp³-hybridized carbons (Fsp3) is 0.344. The summed E-state index contributed by atoms with van der Waals surface area (Å²) >= 11 is 0. The Hall–Kier alpha value is -2.03. The van der Waals surface area contributed by atoms with E-state index >= 15 is 0 Å². The minimum absolute atomic E-state index is 0. The normalized spacial score (nSPS) is 30.8. The molecule has 58 heavy (non-hydrogen) atoms. The average Bonchev–Trinajstić information content (AvgIpc) is 3.91. The van der Waals surface area contributed by atoms with Crippen LogP contribution in [-0.4, -0.2) is 106 Å². The van der Waals surface area contributed by atoms with Gasteiger partial charge < -0.3 is 76.2 Å². The Morgan fingerprint density at radius 1 is 0.845 bits per heavy atom. The number of aliphatic hydroxyl groups is 6. The van der Waals surface area contributed by atoms with Gasteiger partial charge in [-0.1, -0.05) is 48.5 Å². The van der Waals surface area contributed by atoms with Gasteiger partial charge >= 0.3 is 59.1 Å². The molecule has 300 valence electrons. The molecule has 0 amide bonds. The van der Waals surface area contributed by atoms with E-state index in [9.17, 15) is 54.7 Å². The van der Waals surface area contributed by atoms with Crippen LogP contribution in [0.4, 0.5) is 5.69 Å². The Morgan fingerprint density at radius 3 is 2.03 bits per heavy atom. The number of rotatable bonds is 10. The number of phenolic OH excluding ortho intramolecular Hbond substituents is 1. The van der Waals surface area contributed by atoms with Crippen molar-refractivity contribution < 1.29 is 137 Å². The molecule has 8 rings (SSSR count).